The van der Waals surface area contributed by atoms with Crippen molar-refractivity contribution < 1.29 is 4.74 Å². The number of benzene rings is 1. The largest absolute Gasteiger partial charge is 0.497 e. The fourth-order valence-electron chi connectivity index (χ4n) is 3.16. The van der Waals surface area contributed by atoms with Gasteiger partial charge in [-0.25, -0.2) is 4.98 Å². The van der Waals surface area contributed by atoms with E-state index >= 15 is 0 Å². The molecule has 1 aromatic carbocycles. The van der Waals surface area contributed by atoms with E-state index < -0.39 is 0 Å². The number of anilines is 2. The summed E-state index contributed by atoms with van der Waals surface area (Å²) in [4.78, 5) is 21.4. The van der Waals surface area contributed by atoms with Gasteiger partial charge in [0.2, 0.25) is 0 Å². The maximum absolute atomic E-state index is 12.7. The van der Waals surface area contributed by atoms with E-state index in [0.29, 0.717) is 11.7 Å². The Labute approximate surface area is 148 Å². The molecule has 1 aliphatic rings. The van der Waals surface area contributed by atoms with Crippen molar-refractivity contribution in [3.8, 4) is 5.75 Å². The number of aromatic nitrogens is 2. The third-order valence-corrected chi connectivity index (χ3v) is 4.47. The Morgan fingerprint density at radius 1 is 1.08 bits per heavy atom. The quantitative estimate of drug-likeness (QED) is 0.834. The Balaban J connectivity index is 1.69. The minimum Gasteiger partial charge on any atom is -0.497 e. The van der Waals surface area contributed by atoms with Crippen LogP contribution in [0.5, 0.6) is 5.75 Å². The highest BCUT2D eigenvalue weighted by Gasteiger charge is 2.21. The van der Waals surface area contributed by atoms with Crippen LogP contribution in [0.4, 0.5) is 11.5 Å². The molecule has 1 aromatic heterocycles. The number of ether oxygens (including phenoxy) is 1. The molecule has 25 heavy (non-hydrogen) atoms. The summed E-state index contributed by atoms with van der Waals surface area (Å²) in [6, 6.07) is 8.10. The van der Waals surface area contributed by atoms with Gasteiger partial charge in [0.05, 0.1) is 7.11 Å². The summed E-state index contributed by atoms with van der Waals surface area (Å²) >= 11 is 0. The Morgan fingerprint density at radius 3 is 2.32 bits per heavy atom. The molecule has 3 rings (SSSR count). The number of methoxy groups -OCH3 is 1. The minimum absolute atomic E-state index is 0.00842. The molecule has 6 nitrogen and oxygen atoms in total. The van der Waals surface area contributed by atoms with Crippen molar-refractivity contribution >= 4 is 11.5 Å². The SMILES string of the molecule is COc1ccc(N2CCN(c3nccn(CC(C)C)c3=O)CC2)cc1. The number of piperazine rings is 1. The molecule has 6 heteroatoms. The van der Waals surface area contributed by atoms with Crippen LogP contribution >= 0.6 is 0 Å². The first kappa shape index (κ1) is 17.3. The van der Waals surface area contributed by atoms with Crippen molar-refractivity contribution in [2.45, 2.75) is 20.4 Å². The number of hydrogen-bond donors (Lipinski definition) is 0. The van der Waals surface area contributed by atoms with Crippen LogP contribution in [0.1, 0.15) is 13.8 Å². The van der Waals surface area contributed by atoms with Gasteiger partial charge >= 0.3 is 0 Å². The molecule has 0 atom stereocenters. The predicted molar refractivity (Wildman–Crippen MR) is 101 cm³/mol. The van der Waals surface area contributed by atoms with E-state index in [1.165, 1.54) is 5.69 Å². The normalized spacial score (nSPS) is 14.9. The first-order valence-corrected chi connectivity index (χ1v) is 8.78. The van der Waals surface area contributed by atoms with Crippen LogP contribution in [0.2, 0.25) is 0 Å². The first-order chi connectivity index (χ1) is 12.1. The van der Waals surface area contributed by atoms with Crippen molar-refractivity contribution in [1.29, 1.82) is 0 Å². The molecule has 1 fully saturated rings. The summed E-state index contributed by atoms with van der Waals surface area (Å²) in [6.07, 6.45) is 3.51. The second-order valence-electron chi connectivity index (χ2n) is 6.77. The second kappa shape index (κ2) is 7.59. The van der Waals surface area contributed by atoms with Gasteiger partial charge in [-0.2, -0.15) is 0 Å². The topological polar surface area (TPSA) is 50.6 Å². The van der Waals surface area contributed by atoms with E-state index in [1.54, 1.807) is 24.1 Å². The molecular formula is C19H26N4O2. The van der Waals surface area contributed by atoms with E-state index in [-0.39, 0.29) is 5.56 Å². The Hall–Kier alpha value is -2.50. The minimum atomic E-state index is 0.00842. The molecule has 0 saturated carbocycles. The van der Waals surface area contributed by atoms with Gasteiger partial charge in [-0.05, 0) is 30.2 Å². The van der Waals surface area contributed by atoms with Crippen molar-refractivity contribution in [2.24, 2.45) is 5.92 Å². The van der Waals surface area contributed by atoms with Crippen LogP contribution in [-0.4, -0.2) is 42.8 Å². The molecule has 2 heterocycles. The summed E-state index contributed by atoms with van der Waals surface area (Å²) in [7, 11) is 1.67. The lowest BCUT2D eigenvalue weighted by molar-refractivity contribution is 0.415. The van der Waals surface area contributed by atoms with Crippen molar-refractivity contribution in [2.75, 3.05) is 43.1 Å². The maximum atomic E-state index is 12.7. The van der Waals surface area contributed by atoms with Crippen LogP contribution < -0.4 is 20.1 Å². The molecule has 0 radical (unpaired) electrons. The van der Waals surface area contributed by atoms with Gasteiger partial charge < -0.3 is 19.1 Å². The number of nitrogens with zero attached hydrogens (tertiary/aromatic N) is 4. The van der Waals surface area contributed by atoms with Crippen LogP contribution in [0.15, 0.2) is 41.5 Å². The highest BCUT2D eigenvalue weighted by atomic mass is 16.5. The summed E-state index contributed by atoms with van der Waals surface area (Å²) in [6.45, 7) is 8.26. The molecule has 0 aliphatic carbocycles. The third kappa shape index (κ3) is 3.95. The van der Waals surface area contributed by atoms with Crippen molar-refractivity contribution in [3.05, 3.63) is 47.0 Å². The molecule has 1 aliphatic heterocycles. The molecule has 2 aromatic rings. The number of hydrogen-bond acceptors (Lipinski definition) is 5. The Morgan fingerprint density at radius 2 is 1.72 bits per heavy atom. The van der Waals surface area contributed by atoms with Crippen LogP contribution in [0, 0.1) is 5.92 Å². The average Bonchev–Trinajstić information content (AvgIpc) is 2.63. The maximum Gasteiger partial charge on any atom is 0.293 e. The van der Waals surface area contributed by atoms with E-state index in [1.807, 2.05) is 12.1 Å². The fourth-order valence-corrected chi connectivity index (χ4v) is 3.16. The first-order valence-electron chi connectivity index (χ1n) is 8.78. The van der Waals surface area contributed by atoms with Gasteiger partial charge in [-0.15, -0.1) is 0 Å². The van der Waals surface area contributed by atoms with Gasteiger partial charge in [0, 0.05) is 50.8 Å². The monoisotopic (exact) mass is 342 g/mol. The highest BCUT2D eigenvalue weighted by molar-refractivity contribution is 5.51. The summed E-state index contributed by atoms with van der Waals surface area (Å²) in [5.41, 5.74) is 1.19. The highest BCUT2D eigenvalue weighted by Crippen LogP contribution is 2.21. The molecule has 0 unspecified atom stereocenters. The molecule has 134 valence electrons. The number of rotatable bonds is 5. The van der Waals surface area contributed by atoms with Gasteiger partial charge in [0.25, 0.3) is 5.56 Å². The molecule has 0 N–H and O–H groups in total. The van der Waals surface area contributed by atoms with Crippen molar-refractivity contribution in [3.63, 3.8) is 0 Å². The van der Waals surface area contributed by atoms with Gasteiger partial charge in [0.15, 0.2) is 5.82 Å². The van der Waals surface area contributed by atoms with E-state index in [9.17, 15) is 4.79 Å². The molecule has 1 saturated heterocycles. The second-order valence-corrected chi connectivity index (χ2v) is 6.77. The lowest BCUT2D eigenvalue weighted by Crippen LogP contribution is -2.48. The van der Waals surface area contributed by atoms with Crippen molar-refractivity contribution in [1.82, 2.24) is 9.55 Å². The van der Waals surface area contributed by atoms with Crippen LogP contribution in [-0.2, 0) is 6.54 Å². The van der Waals surface area contributed by atoms with Crippen LogP contribution in [0.25, 0.3) is 0 Å². The standard InChI is InChI=1S/C19H26N4O2/c1-15(2)14-23-9-8-20-18(19(23)24)22-12-10-21(11-13-22)16-4-6-17(25-3)7-5-16/h4-9,15H,10-14H2,1-3H3. The fraction of sp³-hybridized carbons (Fsp3) is 0.474. The summed E-state index contributed by atoms with van der Waals surface area (Å²) < 4.78 is 6.98. The summed E-state index contributed by atoms with van der Waals surface area (Å²) in [5, 5.41) is 0. The lowest BCUT2D eigenvalue weighted by atomic mass is 10.2. The zero-order valence-corrected chi connectivity index (χ0v) is 15.2. The lowest BCUT2D eigenvalue weighted by Gasteiger charge is -2.36. The average molecular weight is 342 g/mol. The van der Waals surface area contributed by atoms with Crippen LogP contribution in [0.3, 0.4) is 0 Å². The Kier molecular flexibility index (Phi) is 5.26. The van der Waals surface area contributed by atoms with Gasteiger partial charge in [-0.3, -0.25) is 4.79 Å². The van der Waals surface area contributed by atoms with Gasteiger partial charge in [-0.1, -0.05) is 13.8 Å². The zero-order valence-electron chi connectivity index (χ0n) is 15.2. The van der Waals surface area contributed by atoms with E-state index in [0.717, 1.165) is 38.5 Å². The molecule has 0 bridgehead atoms. The molecular weight excluding hydrogens is 316 g/mol. The summed E-state index contributed by atoms with van der Waals surface area (Å²) in [5.74, 6) is 1.86. The van der Waals surface area contributed by atoms with E-state index in [4.69, 9.17) is 4.74 Å². The van der Waals surface area contributed by atoms with E-state index in [2.05, 4.69) is 40.8 Å². The smallest absolute Gasteiger partial charge is 0.293 e. The third-order valence-electron chi connectivity index (χ3n) is 4.47. The predicted octanol–water partition coefficient (Wildman–Crippen LogP) is 2.23. The zero-order chi connectivity index (χ0) is 17.8. The molecule has 0 amide bonds. The Bertz CT molecular complexity index is 747. The molecule has 0 spiro atoms. The van der Waals surface area contributed by atoms with Gasteiger partial charge in [0.1, 0.15) is 5.75 Å².